The zero-order valence-electron chi connectivity index (χ0n) is 13.2. The van der Waals surface area contributed by atoms with Crippen LogP contribution in [0.15, 0.2) is 18.2 Å². The van der Waals surface area contributed by atoms with Gasteiger partial charge in [-0.05, 0) is 25.5 Å². The Balaban J connectivity index is 2.64. The van der Waals surface area contributed by atoms with Gasteiger partial charge in [0.1, 0.15) is 0 Å². The fourth-order valence-corrected chi connectivity index (χ4v) is 2.11. The third-order valence-electron chi connectivity index (χ3n) is 3.26. The molecule has 126 valence electrons. The van der Waals surface area contributed by atoms with E-state index in [0.717, 1.165) is 12.0 Å². The van der Waals surface area contributed by atoms with E-state index in [-0.39, 0.29) is 24.6 Å². The summed E-state index contributed by atoms with van der Waals surface area (Å²) in [6, 6.07) is 4.26. The van der Waals surface area contributed by atoms with Crippen molar-refractivity contribution < 1.29 is 19.6 Å². The molecule has 0 heterocycles. The number of carbonyl (C=O) groups excluding carboxylic acids is 1. The predicted octanol–water partition coefficient (Wildman–Crippen LogP) is 2.03. The Bertz CT molecular complexity index is 588. The summed E-state index contributed by atoms with van der Waals surface area (Å²) in [5.74, 6) is -1.24. The van der Waals surface area contributed by atoms with Crippen molar-refractivity contribution in [2.75, 3.05) is 25.0 Å². The van der Waals surface area contributed by atoms with Gasteiger partial charge in [0.25, 0.3) is 5.69 Å². The van der Waals surface area contributed by atoms with Crippen molar-refractivity contribution in [2.24, 2.45) is 0 Å². The fraction of sp³-hybridized carbons (Fsp3) is 0.467. The van der Waals surface area contributed by atoms with Crippen LogP contribution in [-0.4, -0.2) is 46.4 Å². The molecule has 0 fully saturated rings. The van der Waals surface area contributed by atoms with Crippen LogP contribution in [0.25, 0.3) is 0 Å². The van der Waals surface area contributed by atoms with Crippen LogP contribution in [-0.2, 0) is 9.59 Å². The molecule has 0 spiro atoms. The number of nitro benzene ring substituents is 1. The topological polar surface area (TPSA) is 113 Å². The molecule has 0 aliphatic rings. The van der Waals surface area contributed by atoms with Crippen molar-refractivity contribution in [2.45, 2.75) is 26.7 Å². The van der Waals surface area contributed by atoms with E-state index in [1.807, 2.05) is 6.92 Å². The van der Waals surface area contributed by atoms with Crippen LogP contribution >= 0.6 is 0 Å². The van der Waals surface area contributed by atoms with Gasteiger partial charge in [0.2, 0.25) is 5.91 Å². The average Bonchev–Trinajstić information content (AvgIpc) is 2.46. The highest BCUT2D eigenvalue weighted by Crippen LogP contribution is 2.21. The van der Waals surface area contributed by atoms with Crippen molar-refractivity contribution in [3.05, 3.63) is 33.9 Å². The molecule has 0 radical (unpaired) electrons. The minimum Gasteiger partial charge on any atom is -0.480 e. The third-order valence-corrected chi connectivity index (χ3v) is 3.26. The SMILES string of the molecule is CCCN(CCC(=O)Nc1cc([N+](=O)[O-])ccc1C)CC(=O)O. The van der Waals surface area contributed by atoms with Gasteiger partial charge in [-0.25, -0.2) is 0 Å². The number of carboxylic acids is 1. The van der Waals surface area contributed by atoms with Crippen molar-refractivity contribution in [1.29, 1.82) is 0 Å². The second kappa shape index (κ2) is 8.84. The fourth-order valence-electron chi connectivity index (χ4n) is 2.11. The number of aryl methyl sites for hydroxylation is 1. The van der Waals surface area contributed by atoms with Gasteiger partial charge in [-0.15, -0.1) is 0 Å². The Morgan fingerprint density at radius 3 is 2.61 bits per heavy atom. The van der Waals surface area contributed by atoms with E-state index >= 15 is 0 Å². The van der Waals surface area contributed by atoms with Gasteiger partial charge < -0.3 is 10.4 Å². The number of hydrogen-bond acceptors (Lipinski definition) is 5. The van der Waals surface area contributed by atoms with Crippen LogP contribution in [0.2, 0.25) is 0 Å². The summed E-state index contributed by atoms with van der Waals surface area (Å²) >= 11 is 0. The number of benzene rings is 1. The number of carbonyl (C=O) groups is 2. The number of non-ortho nitro benzene ring substituents is 1. The summed E-state index contributed by atoms with van der Waals surface area (Å²) in [4.78, 5) is 34.7. The Morgan fingerprint density at radius 2 is 2.04 bits per heavy atom. The van der Waals surface area contributed by atoms with E-state index in [2.05, 4.69) is 5.32 Å². The van der Waals surface area contributed by atoms with E-state index in [1.165, 1.54) is 12.1 Å². The molecule has 0 aliphatic heterocycles. The van der Waals surface area contributed by atoms with E-state index in [1.54, 1.807) is 17.9 Å². The summed E-state index contributed by atoms with van der Waals surface area (Å²) in [5, 5.41) is 22.2. The molecule has 1 amide bonds. The van der Waals surface area contributed by atoms with Gasteiger partial charge in [0.15, 0.2) is 0 Å². The minimum atomic E-state index is -0.937. The molecular weight excluding hydrogens is 302 g/mol. The molecular formula is C15H21N3O5. The molecule has 8 heteroatoms. The van der Waals surface area contributed by atoms with Crippen molar-refractivity contribution in [3.63, 3.8) is 0 Å². The molecule has 2 N–H and O–H groups in total. The first-order chi connectivity index (χ1) is 10.8. The average molecular weight is 323 g/mol. The smallest absolute Gasteiger partial charge is 0.317 e. The number of carboxylic acid groups (broad SMARTS) is 1. The van der Waals surface area contributed by atoms with Gasteiger partial charge in [-0.1, -0.05) is 13.0 Å². The quantitative estimate of drug-likeness (QED) is 0.531. The predicted molar refractivity (Wildman–Crippen MR) is 85.4 cm³/mol. The molecule has 0 saturated heterocycles. The number of nitrogens with one attached hydrogen (secondary N) is 1. The van der Waals surface area contributed by atoms with Crippen LogP contribution in [0.5, 0.6) is 0 Å². The number of amides is 1. The standard InChI is InChI=1S/C15H21N3O5/c1-3-7-17(10-15(20)21)8-6-14(19)16-13-9-12(18(22)23)5-4-11(13)2/h4-5,9H,3,6-8,10H2,1-2H3,(H,16,19)(H,20,21). The maximum absolute atomic E-state index is 12.0. The number of hydrogen-bond donors (Lipinski definition) is 2. The van der Waals surface area contributed by atoms with Crippen LogP contribution < -0.4 is 5.32 Å². The van der Waals surface area contributed by atoms with Gasteiger partial charge in [-0.2, -0.15) is 0 Å². The molecule has 0 aliphatic carbocycles. The van der Waals surface area contributed by atoms with Gasteiger partial charge >= 0.3 is 5.97 Å². The highest BCUT2D eigenvalue weighted by Gasteiger charge is 2.13. The Labute approximate surface area is 134 Å². The maximum Gasteiger partial charge on any atom is 0.317 e. The summed E-state index contributed by atoms with van der Waals surface area (Å²) in [6.45, 7) is 4.47. The van der Waals surface area contributed by atoms with Gasteiger partial charge in [0.05, 0.1) is 17.2 Å². The number of anilines is 1. The molecule has 0 aromatic heterocycles. The monoisotopic (exact) mass is 323 g/mol. The Hall–Kier alpha value is -2.48. The van der Waals surface area contributed by atoms with Crippen LogP contribution in [0.3, 0.4) is 0 Å². The van der Waals surface area contributed by atoms with Crippen LogP contribution in [0.4, 0.5) is 11.4 Å². The van der Waals surface area contributed by atoms with Crippen molar-refractivity contribution in [1.82, 2.24) is 4.90 Å². The molecule has 0 saturated carbocycles. The molecule has 0 atom stereocenters. The zero-order chi connectivity index (χ0) is 17.4. The van der Waals surface area contributed by atoms with E-state index in [9.17, 15) is 19.7 Å². The second-order valence-corrected chi connectivity index (χ2v) is 5.22. The normalized spacial score (nSPS) is 10.6. The highest BCUT2D eigenvalue weighted by molar-refractivity contribution is 5.92. The van der Waals surface area contributed by atoms with E-state index in [0.29, 0.717) is 18.8 Å². The first-order valence-corrected chi connectivity index (χ1v) is 7.32. The molecule has 1 aromatic carbocycles. The number of nitrogens with zero attached hydrogens (tertiary/aromatic N) is 2. The largest absolute Gasteiger partial charge is 0.480 e. The number of aliphatic carboxylic acids is 1. The first kappa shape index (κ1) is 18.6. The lowest BCUT2D eigenvalue weighted by atomic mass is 10.1. The van der Waals surface area contributed by atoms with Crippen LogP contribution in [0, 0.1) is 17.0 Å². The minimum absolute atomic E-state index is 0.0932. The van der Waals surface area contributed by atoms with Crippen molar-refractivity contribution >= 4 is 23.3 Å². The van der Waals surface area contributed by atoms with E-state index < -0.39 is 10.9 Å². The van der Waals surface area contributed by atoms with Crippen LogP contribution in [0.1, 0.15) is 25.3 Å². The Morgan fingerprint density at radius 1 is 1.35 bits per heavy atom. The number of nitro groups is 1. The summed E-state index contributed by atoms with van der Waals surface area (Å²) in [5.41, 5.74) is 1.02. The third kappa shape index (κ3) is 6.43. The molecule has 0 bridgehead atoms. The highest BCUT2D eigenvalue weighted by atomic mass is 16.6. The first-order valence-electron chi connectivity index (χ1n) is 7.32. The second-order valence-electron chi connectivity index (χ2n) is 5.22. The van der Waals surface area contributed by atoms with Gasteiger partial charge in [0, 0.05) is 25.1 Å². The lowest BCUT2D eigenvalue weighted by molar-refractivity contribution is -0.384. The van der Waals surface area contributed by atoms with Crippen molar-refractivity contribution in [3.8, 4) is 0 Å². The molecule has 1 aromatic rings. The molecule has 8 nitrogen and oxygen atoms in total. The zero-order valence-corrected chi connectivity index (χ0v) is 13.2. The molecule has 23 heavy (non-hydrogen) atoms. The maximum atomic E-state index is 12.0. The van der Waals surface area contributed by atoms with Gasteiger partial charge in [-0.3, -0.25) is 24.6 Å². The Kier molecular flexibility index (Phi) is 7.14. The van der Waals surface area contributed by atoms with E-state index in [4.69, 9.17) is 5.11 Å². The summed E-state index contributed by atoms with van der Waals surface area (Å²) in [6.07, 6.45) is 0.911. The summed E-state index contributed by atoms with van der Waals surface area (Å²) < 4.78 is 0. The molecule has 0 unspecified atom stereocenters. The lowest BCUT2D eigenvalue weighted by Crippen LogP contribution is -2.33. The number of rotatable bonds is 9. The summed E-state index contributed by atoms with van der Waals surface area (Å²) in [7, 11) is 0. The lowest BCUT2D eigenvalue weighted by Gasteiger charge is -2.19. The molecule has 1 rings (SSSR count).